The fourth-order valence-electron chi connectivity index (χ4n) is 4.34. The van der Waals surface area contributed by atoms with Gasteiger partial charge in [-0.15, -0.1) is 11.3 Å². The van der Waals surface area contributed by atoms with Gasteiger partial charge in [0.25, 0.3) is 0 Å². The zero-order chi connectivity index (χ0) is 23.1. The van der Waals surface area contributed by atoms with Gasteiger partial charge in [-0.25, -0.2) is 0 Å². The average Bonchev–Trinajstić information content (AvgIpc) is 3.27. The molecule has 32 heavy (non-hydrogen) atoms. The maximum Gasteiger partial charge on any atom is 0.238 e. The number of amides is 2. The Hall–Kier alpha value is -2.18. The molecular weight excluding hydrogens is 418 g/mol. The lowest BCUT2D eigenvalue weighted by Crippen LogP contribution is -2.43. The number of hydrogen-bond acceptors (Lipinski definition) is 4. The molecule has 2 N–H and O–H groups in total. The first-order chi connectivity index (χ1) is 15.3. The molecule has 0 saturated carbocycles. The normalized spacial score (nSPS) is 15.3. The highest BCUT2D eigenvalue weighted by molar-refractivity contribution is 7.09. The standard InChI is InChI=1S/C26H37N3O2S/c1-18(2)22-8-5-9-23(19(3)4)25(22)28-24(30)17-29-14-11-20(12-15-29)26(31)27-13-10-21-7-6-16-32-21/h5-9,16,18-20H,10-15,17H2,1-4H3,(H,27,31)(H,28,30). The minimum atomic E-state index is 0.0267. The summed E-state index contributed by atoms with van der Waals surface area (Å²) in [7, 11) is 0. The van der Waals surface area contributed by atoms with Crippen LogP contribution in [-0.2, 0) is 16.0 Å². The van der Waals surface area contributed by atoms with E-state index in [0.29, 0.717) is 24.9 Å². The van der Waals surface area contributed by atoms with Crippen molar-refractivity contribution in [1.29, 1.82) is 0 Å². The number of anilines is 1. The van der Waals surface area contributed by atoms with Crippen molar-refractivity contribution in [2.75, 3.05) is 31.5 Å². The van der Waals surface area contributed by atoms with E-state index in [-0.39, 0.29) is 17.7 Å². The lowest BCUT2D eigenvalue weighted by Gasteiger charge is -2.31. The summed E-state index contributed by atoms with van der Waals surface area (Å²) in [5.74, 6) is 0.917. The number of nitrogens with one attached hydrogen (secondary N) is 2. The molecule has 2 amide bonds. The Bertz CT molecular complexity index is 858. The summed E-state index contributed by atoms with van der Waals surface area (Å²) in [5.41, 5.74) is 3.34. The van der Waals surface area contributed by atoms with Gasteiger partial charge >= 0.3 is 0 Å². The monoisotopic (exact) mass is 455 g/mol. The maximum atomic E-state index is 12.9. The molecule has 3 rings (SSSR count). The van der Waals surface area contributed by atoms with E-state index >= 15 is 0 Å². The molecule has 5 nitrogen and oxygen atoms in total. The molecule has 2 heterocycles. The first-order valence-electron chi connectivity index (χ1n) is 11.8. The lowest BCUT2D eigenvalue weighted by atomic mass is 9.92. The summed E-state index contributed by atoms with van der Waals surface area (Å²) in [6, 6.07) is 10.4. The molecule has 1 saturated heterocycles. The van der Waals surface area contributed by atoms with E-state index in [1.54, 1.807) is 11.3 Å². The topological polar surface area (TPSA) is 61.4 Å². The van der Waals surface area contributed by atoms with Crippen molar-refractivity contribution in [2.24, 2.45) is 5.92 Å². The number of benzene rings is 1. The van der Waals surface area contributed by atoms with Gasteiger partial charge in [0.05, 0.1) is 6.54 Å². The zero-order valence-electron chi connectivity index (χ0n) is 19.8. The SMILES string of the molecule is CC(C)c1cccc(C(C)C)c1NC(=O)CN1CCC(C(=O)NCCc2cccs2)CC1. The third-order valence-corrected chi connectivity index (χ3v) is 7.15. The van der Waals surface area contributed by atoms with Gasteiger partial charge < -0.3 is 10.6 Å². The van der Waals surface area contributed by atoms with Crippen LogP contribution in [0.4, 0.5) is 5.69 Å². The summed E-state index contributed by atoms with van der Waals surface area (Å²) in [4.78, 5) is 28.8. The summed E-state index contributed by atoms with van der Waals surface area (Å²) < 4.78 is 0. The van der Waals surface area contributed by atoms with Crippen LogP contribution in [0, 0.1) is 5.92 Å². The second kappa shape index (κ2) is 11.6. The molecule has 0 bridgehead atoms. The van der Waals surface area contributed by atoms with Crippen LogP contribution in [0.25, 0.3) is 0 Å². The van der Waals surface area contributed by atoms with Crippen LogP contribution < -0.4 is 10.6 Å². The Morgan fingerprint density at radius 2 is 1.69 bits per heavy atom. The fraction of sp³-hybridized carbons (Fsp3) is 0.538. The maximum absolute atomic E-state index is 12.9. The van der Waals surface area contributed by atoms with Crippen molar-refractivity contribution in [3.63, 3.8) is 0 Å². The van der Waals surface area contributed by atoms with Crippen molar-refractivity contribution in [3.05, 3.63) is 51.7 Å². The molecule has 1 aromatic heterocycles. The minimum absolute atomic E-state index is 0.0267. The van der Waals surface area contributed by atoms with Gasteiger partial charge in [-0.1, -0.05) is 52.0 Å². The largest absolute Gasteiger partial charge is 0.355 e. The smallest absolute Gasteiger partial charge is 0.238 e. The van der Waals surface area contributed by atoms with E-state index in [9.17, 15) is 9.59 Å². The summed E-state index contributed by atoms with van der Waals surface area (Å²) >= 11 is 1.73. The second-order valence-corrected chi connectivity index (χ2v) is 10.4. The van der Waals surface area contributed by atoms with Crippen LogP contribution in [0.1, 0.15) is 68.4 Å². The number of rotatable bonds is 9. The van der Waals surface area contributed by atoms with Crippen molar-refractivity contribution in [2.45, 2.75) is 58.8 Å². The van der Waals surface area contributed by atoms with E-state index in [0.717, 1.165) is 38.0 Å². The van der Waals surface area contributed by atoms with Crippen molar-refractivity contribution in [1.82, 2.24) is 10.2 Å². The van der Waals surface area contributed by atoms with Gasteiger partial charge in [0.1, 0.15) is 0 Å². The molecule has 1 fully saturated rings. The zero-order valence-corrected chi connectivity index (χ0v) is 20.6. The Balaban J connectivity index is 1.47. The van der Waals surface area contributed by atoms with Crippen LogP contribution in [0.15, 0.2) is 35.7 Å². The van der Waals surface area contributed by atoms with E-state index in [2.05, 4.69) is 72.9 Å². The second-order valence-electron chi connectivity index (χ2n) is 9.34. The highest BCUT2D eigenvalue weighted by Crippen LogP contribution is 2.32. The third kappa shape index (κ3) is 6.66. The first-order valence-corrected chi connectivity index (χ1v) is 12.7. The Labute approximate surface area is 196 Å². The number of likely N-dealkylation sites (tertiary alicyclic amines) is 1. The molecule has 0 spiro atoms. The van der Waals surface area contributed by atoms with E-state index < -0.39 is 0 Å². The number of nitrogens with zero attached hydrogens (tertiary/aromatic N) is 1. The quantitative estimate of drug-likeness (QED) is 0.559. The molecule has 0 atom stereocenters. The fourth-order valence-corrected chi connectivity index (χ4v) is 5.05. The average molecular weight is 456 g/mol. The van der Waals surface area contributed by atoms with Crippen molar-refractivity contribution >= 4 is 28.8 Å². The van der Waals surface area contributed by atoms with Gasteiger partial charge in [-0.05, 0) is 66.8 Å². The minimum Gasteiger partial charge on any atom is -0.355 e. The van der Waals surface area contributed by atoms with E-state index in [1.165, 1.54) is 16.0 Å². The molecule has 1 aromatic carbocycles. The number of para-hydroxylation sites is 1. The predicted octanol–water partition coefficient (Wildman–Crippen LogP) is 5.00. The van der Waals surface area contributed by atoms with Gasteiger partial charge in [-0.3, -0.25) is 14.5 Å². The Kier molecular flexibility index (Phi) is 8.88. The van der Waals surface area contributed by atoms with Crippen LogP contribution in [0.3, 0.4) is 0 Å². The molecule has 6 heteroatoms. The van der Waals surface area contributed by atoms with Gasteiger partial charge in [0.2, 0.25) is 11.8 Å². The van der Waals surface area contributed by atoms with Crippen LogP contribution in [-0.4, -0.2) is 42.9 Å². The number of carbonyl (C=O) groups excluding carboxylic acids is 2. The van der Waals surface area contributed by atoms with Crippen molar-refractivity contribution < 1.29 is 9.59 Å². The van der Waals surface area contributed by atoms with Gasteiger partial charge in [-0.2, -0.15) is 0 Å². The highest BCUT2D eigenvalue weighted by Gasteiger charge is 2.26. The van der Waals surface area contributed by atoms with E-state index in [4.69, 9.17) is 0 Å². The Morgan fingerprint density at radius 1 is 1.03 bits per heavy atom. The molecule has 2 aromatic rings. The summed E-state index contributed by atoms with van der Waals surface area (Å²) in [6.07, 6.45) is 2.49. The molecule has 1 aliphatic rings. The van der Waals surface area contributed by atoms with Crippen LogP contribution in [0.5, 0.6) is 0 Å². The first kappa shape index (κ1) is 24.5. The van der Waals surface area contributed by atoms with E-state index in [1.807, 2.05) is 6.07 Å². The number of piperidine rings is 1. The molecule has 0 aliphatic carbocycles. The van der Waals surface area contributed by atoms with Crippen molar-refractivity contribution in [3.8, 4) is 0 Å². The number of thiophene rings is 1. The lowest BCUT2D eigenvalue weighted by molar-refractivity contribution is -0.126. The molecule has 0 radical (unpaired) electrons. The predicted molar refractivity (Wildman–Crippen MR) is 133 cm³/mol. The molecule has 0 unspecified atom stereocenters. The summed E-state index contributed by atoms with van der Waals surface area (Å²) in [5, 5.41) is 8.35. The van der Waals surface area contributed by atoms with Crippen LogP contribution in [0.2, 0.25) is 0 Å². The van der Waals surface area contributed by atoms with Crippen LogP contribution >= 0.6 is 11.3 Å². The number of carbonyl (C=O) groups is 2. The number of hydrogen-bond donors (Lipinski definition) is 2. The molecule has 1 aliphatic heterocycles. The molecule has 174 valence electrons. The molecular formula is C26H37N3O2S. The highest BCUT2D eigenvalue weighted by atomic mass is 32.1. The van der Waals surface area contributed by atoms with Gasteiger partial charge in [0.15, 0.2) is 0 Å². The Morgan fingerprint density at radius 3 is 2.25 bits per heavy atom. The summed E-state index contributed by atoms with van der Waals surface area (Å²) in [6.45, 7) is 11.2. The van der Waals surface area contributed by atoms with Gasteiger partial charge in [0, 0.05) is 23.0 Å². The third-order valence-electron chi connectivity index (χ3n) is 6.21.